The molecule has 1 aromatic rings. The summed E-state index contributed by atoms with van der Waals surface area (Å²) in [6, 6.07) is 3.80. The molecule has 0 bridgehead atoms. The molecule has 1 aromatic carbocycles. The molecule has 3 rings (SSSR count). The van der Waals surface area contributed by atoms with E-state index < -0.39 is 11.6 Å². The van der Waals surface area contributed by atoms with Crippen LogP contribution in [0.2, 0.25) is 0 Å². The van der Waals surface area contributed by atoms with Gasteiger partial charge in [-0.15, -0.1) is 0 Å². The highest BCUT2D eigenvalue weighted by Crippen LogP contribution is 2.49. The smallest absolute Gasteiger partial charge is 0.223 e. The van der Waals surface area contributed by atoms with Crippen LogP contribution in [0, 0.1) is 23.5 Å². The van der Waals surface area contributed by atoms with Crippen molar-refractivity contribution in [3.63, 3.8) is 0 Å². The summed E-state index contributed by atoms with van der Waals surface area (Å²) in [6.07, 6.45) is 3.77. The average molecular weight is 309 g/mol. The van der Waals surface area contributed by atoms with E-state index in [1.54, 1.807) is 0 Å². The molecule has 4 atom stereocenters. The lowest BCUT2D eigenvalue weighted by Gasteiger charge is -2.25. The summed E-state index contributed by atoms with van der Waals surface area (Å²) in [5, 5.41) is 12.5. The van der Waals surface area contributed by atoms with Gasteiger partial charge in [-0.2, -0.15) is 0 Å². The van der Waals surface area contributed by atoms with Gasteiger partial charge >= 0.3 is 0 Å². The van der Waals surface area contributed by atoms with Gasteiger partial charge < -0.3 is 10.4 Å². The van der Waals surface area contributed by atoms with Crippen molar-refractivity contribution in [2.24, 2.45) is 11.8 Å². The number of rotatable bonds is 4. The van der Waals surface area contributed by atoms with Crippen molar-refractivity contribution < 1.29 is 18.7 Å². The molecule has 4 unspecified atom stereocenters. The molecule has 0 heterocycles. The molecule has 3 nitrogen and oxygen atoms in total. The van der Waals surface area contributed by atoms with E-state index in [1.165, 1.54) is 18.2 Å². The van der Waals surface area contributed by atoms with E-state index in [1.807, 2.05) is 0 Å². The average Bonchev–Trinajstić information content (AvgIpc) is 3.25. The summed E-state index contributed by atoms with van der Waals surface area (Å²) in [6.45, 7) is 0.541. The van der Waals surface area contributed by atoms with Crippen LogP contribution in [0.4, 0.5) is 8.78 Å². The Bertz CT molecular complexity index is 543. The molecule has 22 heavy (non-hydrogen) atoms. The van der Waals surface area contributed by atoms with Crippen LogP contribution in [0.15, 0.2) is 18.2 Å². The van der Waals surface area contributed by atoms with Crippen molar-refractivity contribution in [3.8, 4) is 0 Å². The van der Waals surface area contributed by atoms with Crippen molar-refractivity contribution in [2.75, 3.05) is 6.54 Å². The number of carbonyl (C=O) groups excluding carboxylic acids is 1. The van der Waals surface area contributed by atoms with Crippen molar-refractivity contribution in [3.05, 3.63) is 35.4 Å². The Labute approximate surface area is 128 Å². The van der Waals surface area contributed by atoms with Crippen LogP contribution in [-0.2, 0) is 4.79 Å². The first-order chi connectivity index (χ1) is 10.6. The van der Waals surface area contributed by atoms with Gasteiger partial charge in [0.15, 0.2) is 0 Å². The van der Waals surface area contributed by atoms with Crippen LogP contribution in [0.3, 0.4) is 0 Å². The summed E-state index contributed by atoms with van der Waals surface area (Å²) >= 11 is 0. The number of aliphatic hydroxyl groups is 1. The number of benzene rings is 1. The first-order valence-electron chi connectivity index (χ1n) is 7.96. The molecule has 0 aromatic heterocycles. The molecular weight excluding hydrogens is 288 g/mol. The van der Waals surface area contributed by atoms with Crippen LogP contribution >= 0.6 is 0 Å². The van der Waals surface area contributed by atoms with Gasteiger partial charge in [-0.3, -0.25) is 4.79 Å². The molecule has 1 amide bonds. The minimum atomic E-state index is -0.573. The second-order valence-corrected chi connectivity index (χ2v) is 6.52. The second kappa shape index (κ2) is 6.32. The van der Waals surface area contributed by atoms with Crippen molar-refractivity contribution in [1.29, 1.82) is 0 Å². The first-order valence-corrected chi connectivity index (χ1v) is 7.96. The number of carbonyl (C=O) groups is 1. The highest BCUT2D eigenvalue weighted by molar-refractivity contribution is 5.82. The van der Waals surface area contributed by atoms with E-state index in [9.17, 15) is 18.7 Å². The third-order valence-corrected chi connectivity index (χ3v) is 4.82. The zero-order chi connectivity index (χ0) is 15.7. The standard InChI is InChI=1S/C17H21F2NO2/c18-14-5-2-6-15(19)16(14)12-8-13(12)17(22)20-9-10-3-1-4-11(21)7-10/h2,5-6,10-13,21H,1,3-4,7-9H2,(H,20,22). The maximum atomic E-state index is 13.7. The highest BCUT2D eigenvalue weighted by atomic mass is 19.1. The number of aliphatic hydroxyl groups excluding tert-OH is 1. The van der Waals surface area contributed by atoms with Gasteiger partial charge in [-0.1, -0.05) is 12.5 Å². The number of nitrogens with one attached hydrogen (secondary N) is 1. The largest absolute Gasteiger partial charge is 0.393 e. The van der Waals surface area contributed by atoms with Gasteiger partial charge in [0.1, 0.15) is 11.6 Å². The van der Waals surface area contributed by atoms with E-state index in [0.29, 0.717) is 18.9 Å². The normalized spacial score (nSPS) is 30.9. The van der Waals surface area contributed by atoms with Gasteiger partial charge in [0, 0.05) is 23.9 Å². The first kappa shape index (κ1) is 15.4. The fourth-order valence-electron chi connectivity index (χ4n) is 3.49. The summed E-state index contributed by atoms with van der Waals surface area (Å²) in [5.74, 6) is -1.66. The predicted octanol–water partition coefficient (Wildman–Crippen LogP) is 2.74. The molecule has 0 saturated heterocycles. The predicted molar refractivity (Wildman–Crippen MR) is 78.2 cm³/mol. The van der Waals surface area contributed by atoms with Gasteiger partial charge in [0.25, 0.3) is 0 Å². The third-order valence-electron chi connectivity index (χ3n) is 4.82. The van der Waals surface area contributed by atoms with Gasteiger partial charge in [0.2, 0.25) is 5.91 Å². The molecule has 0 spiro atoms. The van der Waals surface area contributed by atoms with Crippen LogP contribution in [-0.4, -0.2) is 23.7 Å². The van der Waals surface area contributed by atoms with Crippen molar-refractivity contribution >= 4 is 5.91 Å². The Morgan fingerprint density at radius 3 is 2.64 bits per heavy atom. The van der Waals surface area contributed by atoms with Gasteiger partial charge in [0.05, 0.1) is 6.10 Å². The minimum absolute atomic E-state index is 0.0377. The Morgan fingerprint density at radius 2 is 1.95 bits per heavy atom. The molecule has 0 aliphatic heterocycles. The third kappa shape index (κ3) is 3.29. The number of hydrogen-bond donors (Lipinski definition) is 2. The zero-order valence-corrected chi connectivity index (χ0v) is 12.4. The summed E-state index contributed by atoms with van der Waals surface area (Å²) in [4.78, 5) is 12.1. The van der Waals surface area contributed by atoms with E-state index in [0.717, 1.165) is 25.7 Å². The lowest BCUT2D eigenvalue weighted by atomic mass is 9.87. The Balaban J connectivity index is 1.52. The molecular formula is C17H21F2NO2. The van der Waals surface area contributed by atoms with Crippen LogP contribution < -0.4 is 5.32 Å². The maximum absolute atomic E-state index is 13.7. The molecule has 2 fully saturated rings. The number of amides is 1. The van der Waals surface area contributed by atoms with Crippen LogP contribution in [0.25, 0.3) is 0 Å². The quantitative estimate of drug-likeness (QED) is 0.898. The van der Waals surface area contributed by atoms with E-state index in [2.05, 4.69) is 5.32 Å². The summed E-state index contributed by atoms with van der Waals surface area (Å²) < 4.78 is 27.4. The maximum Gasteiger partial charge on any atom is 0.223 e. The van der Waals surface area contributed by atoms with E-state index in [-0.39, 0.29) is 29.4 Å². The fourth-order valence-corrected chi connectivity index (χ4v) is 3.49. The molecule has 2 saturated carbocycles. The van der Waals surface area contributed by atoms with Gasteiger partial charge in [-0.25, -0.2) is 8.78 Å². The monoisotopic (exact) mass is 309 g/mol. The molecule has 2 aliphatic carbocycles. The Hall–Kier alpha value is -1.49. The number of hydrogen-bond acceptors (Lipinski definition) is 2. The number of halogens is 2. The van der Waals surface area contributed by atoms with E-state index >= 15 is 0 Å². The second-order valence-electron chi connectivity index (χ2n) is 6.52. The molecule has 120 valence electrons. The van der Waals surface area contributed by atoms with Crippen LogP contribution in [0.1, 0.15) is 43.6 Å². The molecule has 0 radical (unpaired) electrons. The summed E-state index contributed by atoms with van der Waals surface area (Å²) in [7, 11) is 0. The molecule has 2 N–H and O–H groups in total. The lowest BCUT2D eigenvalue weighted by Crippen LogP contribution is -2.34. The van der Waals surface area contributed by atoms with Crippen molar-refractivity contribution in [1.82, 2.24) is 5.32 Å². The Morgan fingerprint density at radius 1 is 1.23 bits per heavy atom. The zero-order valence-electron chi connectivity index (χ0n) is 12.4. The highest BCUT2D eigenvalue weighted by Gasteiger charge is 2.46. The Kier molecular flexibility index (Phi) is 4.43. The minimum Gasteiger partial charge on any atom is -0.393 e. The van der Waals surface area contributed by atoms with Crippen molar-refractivity contribution in [2.45, 2.75) is 44.1 Å². The molecule has 5 heteroatoms. The van der Waals surface area contributed by atoms with Crippen LogP contribution in [0.5, 0.6) is 0 Å². The SMILES string of the molecule is O=C(NCC1CCCC(O)C1)C1CC1c1c(F)cccc1F. The summed E-state index contributed by atoms with van der Waals surface area (Å²) in [5.41, 5.74) is 0.0377. The topological polar surface area (TPSA) is 49.3 Å². The van der Waals surface area contributed by atoms with E-state index in [4.69, 9.17) is 0 Å². The molecule has 2 aliphatic rings. The lowest BCUT2D eigenvalue weighted by molar-refractivity contribution is -0.122. The fraction of sp³-hybridized carbons (Fsp3) is 0.588. The van der Waals surface area contributed by atoms with Gasteiger partial charge in [-0.05, 0) is 43.7 Å².